The number of amides is 1. The summed E-state index contributed by atoms with van der Waals surface area (Å²) in [7, 11) is 0. The third-order valence-corrected chi connectivity index (χ3v) is 6.62. The lowest BCUT2D eigenvalue weighted by Gasteiger charge is -2.14. The molecule has 5 nitrogen and oxygen atoms in total. The van der Waals surface area contributed by atoms with Crippen LogP contribution in [0.2, 0.25) is 5.02 Å². The highest BCUT2D eigenvalue weighted by molar-refractivity contribution is 8.00. The zero-order valence-electron chi connectivity index (χ0n) is 16.5. The molecule has 0 spiro atoms. The molecule has 0 aliphatic rings. The fourth-order valence-corrected chi connectivity index (χ4v) is 4.68. The van der Waals surface area contributed by atoms with Crippen molar-refractivity contribution < 1.29 is 9.18 Å². The van der Waals surface area contributed by atoms with Gasteiger partial charge >= 0.3 is 0 Å². The predicted octanol–water partition coefficient (Wildman–Crippen LogP) is 5.83. The van der Waals surface area contributed by atoms with Gasteiger partial charge in [-0.15, -0.1) is 21.5 Å². The molecule has 1 atom stereocenters. The molecule has 2 aromatic heterocycles. The minimum absolute atomic E-state index is 0.0877. The molecule has 1 unspecified atom stereocenters. The molecule has 0 radical (unpaired) electrons. The van der Waals surface area contributed by atoms with Gasteiger partial charge in [-0.05, 0) is 48.7 Å². The maximum atomic E-state index is 14.0. The second kappa shape index (κ2) is 9.64. The average Bonchev–Trinajstić information content (AvgIpc) is 3.41. The largest absolute Gasteiger partial charge is 0.323 e. The number of carbonyl (C=O) groups is 1. The van der Waals surface area contributed by atoms with E-state index in [0.717, 1.165) is 17.6 Å². The molecule has 4 rings (SSSR count). The molecule has 4 aromatic rings. The van der Waals surface area contributed by atoms with Gasteiger partial charge in [0.1, 0.15) is 11.6 Å². The van der Waals surface area contributed by atoms with Gasteiger partial charge in [-0.1, -0.05) is 47.6 Å². The van der Waals surface area contributed by atoms with Gasteiger partial charge in [0.15, 0.2) is 5.16 Å². The first-order chi connectivity index (χ1) is 15.0. The van der Waals surface area contributed by atoms with Crippen LogP contribution in [0.1, 0.15) is 17.6 Å². The predicted molar refractivity (Wildman–Crippen MR) is 124 cm³/mol. The average molecular weight is 473 g/mol. The van der Waals surface area contributed by atoms with Crippen molar-refractivity contribution in [3.05, 3.63) is 87.6 Å². The highest BCUT2D eigenvalue weighted by Gasteiger charge is 2.22. The van der Waals surface area contributed by atoms with Crippen molar-refractivity contribution in [3.63, 3.8) is 0 Å². The number of carbonyl (C=O) groups excluding carboxylic acids is 1. The first-order valence-electron chi connectivity index (χ1n) is 9.46. The standard InChI is InChI=1S/C22H18ClFN4OS2/c1-14(21(29)25-19-10-9-15(23)12-18(19)24)31-22-27-26-20(13-17-8-5-11-30-17)28(22)16-6-3-2-4-7-16/h2-12,14H,13H2,1H3,(H,25,29). The molecule has 9 heteroatoms. The Kier molecular flexibility index (Phi) is 6.70. The number of nitrogens with zero attached hydrogens (tertiary/aromatic N) is 3. The minimum atomic E-state index is -0.580. The van der Waals surface area contributed by atoms with E-state index in [0.29, 0.717) is 11.6 Å². The summed E-state index contributed by atoms with van der Waals surface area (Å²) < 4.78 is 16.0. The lowest BCUT2D eigenvalue weighted by molar-refractivity contribution is -0.115. The van der Waals surface area contributed by atoms with E-state index < -0.39 is 11.1 Å². The molecular formula is C22H18ClFN4OS2. The third kappa shape index (κ3) is 5.15. The highest BCUT2D eigenvalue weighted by Crippen LogP contribution is 2.28. The highest BCUT2D eigenvalue weighted by atomic mass is 35.5. The van der Waals surface area contributed by atoms with Crippen LogP contribution in [0, 0.1) is 5.82 Å². The molecule has 1 N–H and O–H groups in total. The zero-order valence-corrected chi connectivity index (χ0v) is 18.8. The van der Waals surface area contributed by atoms with Crippen molar-refractivity contribution in [3.8, 4) is 5.69 Å². The van der Waals surface area contributed by atoms with Gasteiger partial charge in [-0.3, -0.25) is 9.36 Å². The molecular weight excluding hydrogens is 455 g/mol. The number of aromatic nitrogens is 3. The Morgan fingerprint density at radius 2 is 2.00 bits per heavy atom. The van der Waals surface area contributed by atoms with Gasteiger partial charge < -0.3 is 5.32 Å². The molecule has 0 aliphatic carbocycles. The number of thiophene rings is 1. The molecule has 31 heavy (non-hydrogen) atoms. The van der Waals surface area contributed by atoms with Crippen molar-refractivity contribution in [1.82, 2.24) is 14.8 Å². The first kappa shape index (κ1) is 21.5. The fourth-order valence-electron chi connectivity index (χ4n) is 2.93. The van der Waals surface area contributed by atoms with Crippen molar-refractivity contribution in [2.24, 2.45) is 0 Å². The molecule has 2 heterocycles. The number of anilines is 1. The van der Waals surface area contributed by atoms with E-state index in [1.807, 2.05) is 46.3 Å². The van der Waals surface area contributed by atoms with Crippen LogP contribution in [-0.4, -0.2) is 25.9 Å². The summed E-state index contributed by atoms with van der Waals surface area (Å²) in [5, 5.41) is 13.7. The van der Waals surface area contributed by atoms with E-state index in [-0.39, 0.29) is 16.6 Å². The van der Waals surface area contributed by atoms with Crippen LogP contribution in [-0.2, 0) is 11.2 Å². The molecule has 0 saturated heterocycles. The van der Waals surface area contributed by atoms with Crippen LogP contribution in [0.3, 0.4) is 0 Å². The Bertz CT molecular complexity index is 1180. The number of thioether (sulfide) groups is 1. The van der Waals surface area contributed by atoms with Gasteiger partial charge in [0.2, 0.25) is 5.91 Å². The van der Waals surface area contributed by atoms with E-state index in [9.17, 15) is 9.18 Å². The van der Waals surface area contributed by atoms with E-state index in [4.69, 9.17) is 11.6 Å². The molecule has 158 valence electrons. The summed E-state index contributed by atoms with van der Waals surface area (Å²) >= 11 is 8.70. The van der Waals surface area contributed by atoms with Crippen molar-refractivity contribution in [2.45, 2.75) is 23.8 Å². The van der Waals surface area contributed by atoms with Crippen LogP contribution in [0.4, 0.5) is 10.1 Å². The first-order valence-corrected chi connectivity index (χ1v) is 11.6. The van der Waals surface area contributed by atoms with E-state index in [1.165, 1.54) is 28.8 Å². The maximum absolute atomic E-state index is 14.0. The number of rotatable bonds is 7. The summed E-state index contributed by atoms with van der Waals surface area (Å²) in [5.41, 5.74) is 1.00. The van der Waals surface area contributed by atoms with Gasteiger partial charge in [0.25, 0.3) is 0 Å². The van der Waals surface area contributed by atoms with Gasteiger partial charge in [-0.25, -0.2) is 4.39 Å². The second-order valence-corrected chi connectivity index (χ2v) is 9.48. The Hall–Kier alpha value is -2.68. The van der Waals surface area contributed by atoms with Crippen molar-refractivity contribution in [1.29, 1.82) is 0 Å². The third-order valence-electron chi connectivity index (χ3n) is 4.47. The van der Waals surface area contributed by atoms with Crippen LogP contribution in [0.5, 0.6) is 0 Å². The number of nitrogens with one attached hydrogen (secondary N) is 1. The maximum Gasteiger partial charge on any atom is 0.237 e. The summed E-state index contributed by atoms with van der Waals surface area (Å²) in [4.78, 5) is 13.8. The number of para-hydroxylation sites is 1. The smallest absolute Gasteiger partial charge is 0.237 e. The lowest BCUT2D eigenvalue weighted by Crippen LogP contribution is -2.23. The summed E-state index contributed by atoms with van der Waals surface area (Å²) in [6, 6.07) is 18.0. The minimum Gasteiger partial charge on any atom is -0.323 e. The monoisotopic (exact) mass is 472 g/mol. The summed E-state index contributed by atoms with van der Waals surface area (Å²) in [6.45, 7) is 1.75. The van der Waals surface area contributed by atoms with Crippen LogP contribution in [0.15, 0.2) is 71.2 Å². The van der Waals surface area contributed by atoms with Crippen LogP contribution < -0.4 is 5.32 Å². The molecule has 2 aromatic carbocycles. The SMILES string of the molecule is CC(Sc1nnc(Cc2cccs2)n1-c1ccccc1)C(=O)Nc1ccc(Cl)cc1F. The molecule has 0 bridgehead atoms. The Balaban J connectivity index is 1.57. The van der Waals surface area contributed by atoms with E-state index in [1.54, 1.807) is 18.3 Å². The van der Waals surface area contributed by atoms with E-state index >= 15 is 0 Å². The second-order valence-electron chi connectivity index (χ2n) is 6.70. The summed E-state index contributed by atoms with van der Waals surface area (Å²) in [5.74, 6) is -0.134. The van der Waals surface area contributed by atoms with Gasteiger partial charge in [0, 0.05) is 22.0 Å². The Morgan fingerprint density at radius 3 is 2.71 bits per heavy atom. The number of hydrogen-bond acceptors (Lipinski definition) is 5. The summed E-state index contributed by atoms with van der Waals surface area (Å²) in [6.07, 6.45) is 0.636. The number of hydrogen-bond donors (Lipinski definition) is 1. The molecule has 0 aliphatic heterocycles. The number of halogens is 2. The van der Waals surface area contributed by atoms with Crippen molar-refractivity contribution >= 4 is 46.3 Å². The lowest BCUT2D eigenvalue weighted by atomic mass is 10.3. The molecule has 1 amide bonds. The fraction of sp³-hybridized carbons (Fsp3) is 0.136. The van der Waals surface area contributed by atoms with Crippen LogP contribution in [0.25, 0.3) is 5.69 Å². The zero-order chi connectivity index (χ0) is 21.8. The quantitative estimate of drug-likeness (QED) is 0.344. The van der Waals surface area contributed by atoms with Gasteiger partial charge in [0.05, 0.1) is 10.9 Å². The molecule has 0 saturated carbocycles. The topological polar surface area (TPSA) is 59.8 Å². The normalized spacial score (nSPS) is 12.0. The Morgan fingerprint density at radius 1 is 1.19 bits per heavy atom. The molecule has 0 fully saturated rings. The van der Waals surface area contributed by atoms with Crippen molar-refractivity contribution in [2.75, 3.05) is 5.32 Å². The van der Waals surface area contributed by atoms with Gasteiger partial charge in [-0.2, -0.15) is 0 Å². The van der Waals surface area contributed by atoms with Crippen LogP contribution >= 0.6 is 34.7 Å². The van der Waals surface area contributed by atoms with E-state index in [2.05, 4.69) is 21.6 Å². The Labute approximate surface area is 192 Å². The number of benzene rings is 2.